The van der Waals surface area contributed by atoms with Crippen molar-refractivity contribution < 1.29 is 4.52 Å². The lowest BCUT2D eigenvalue weighted by Crippen LogP contribution is -1.84. The molecule has 0 bridgehead atoms. The molecule has 3 heteroatoms. The molecule has 0 atom stereocenters. The Hall–Kier alpha value is -1.12. The van der Waals surface area contributed by atoms with Crippen LogP contribution in [0.15, 0.2) is 10.6 Å². The fourth-order valence-corrected chi connectivity index (χ4v) is 0.921. The second-order valence-electron chi connectivity index (χ2n) is 2.30. The standard InChI is InChI=1S/C8H12N2O/c1-4-7(5-2)8-9-6(3)11-10-8/h4H,5H2,1-3H3/b7-4+. The summed E-state index contributed by atoms with van der Waals surface area (Å²) in [6.45, 7) is 5.84. The molecule has 60 valence electrons. The highest BCUT2D eigenvalue weighted by Crippen LogP contribution is 2.13. The Morgan fingerprint density at radius 3 is 2.73 bits per heavy atom. The summed E-state index contributed by atoms with van der Waals surface area (Å²) >= 11 is 0. The molecule has 0 saturated carbocycles. The van der Waals surface area contributed by atoms with Crippen molar-refractivity contribution in [1.82, 2.24) is 10.1 Å². The van der Waals surface area contributed by atoms with Gasteiger partial charge in [-0.25, -0.2) is 0 Å². The van der Waals surface area contributed by atoms with E-state index in [1.54, 1.807) is 6.92 Å². The Morgan fingerprint density at radius 2 is 2.36 bits per heavy atom. The molecule has 0 saturated heterocycles. The van der Waals surface area contributed by atoms with E-state index in [2.05, 4.69) is 17.1 Å². The first-order valence-corrected chi connectivity index (χ1v) is 3.73. The van der Waals surface area contributed by atoms with Gasteiger partial charge in [0, 0.05) is 6.92 Å². The highest BCUT2D eigenvalue weighted by Gasteiger charge is 2.04. The molecule has 1 heterocycles. The maximum absolute atomic E-state index is 4.85. The average molecular weight is 152 g/mol. The van der Waals surface area contributed by atoms with E-state index in [4.69, 9.17) is 4.52 Å². The summed E-state index contributed by atoms with van der Waals surface area (Å²) in [7, 11) is 0. The van der Waals surface area contributed by atoms with Gasteiger partial charge in [-0.2, -0.15) is 4.98 Å². The van der Waals surface area contributed by atoms with Gasteiger partial charge >= 0.3 is 0 Å². The van der Waals surface area contributed by atoms with Gasteiger partial charge in [0.25, 0.3) is 0 Å². The molecule has 0 spiro atoms. The SMILES string of the molecule is C/C=C(\CC)c1noc(C)n1. The molecule has 11 heavy (non-hydrogen) atoms. The summed E-state index contributed by atoms with van der Waals surface area (Å²) in [6, 6.07) is 0. The summed E-state index contributed by atoms with van der Waals surface area (Å²) < 4.78 is 4.85. The van der Waals surface area contributed by atoms with Crippen LogP contribution in [-0.4, -0.2) is 10.1 Å². The largest absolute Gasteiger partial charge is 0.339 e. The van der Waals surface area contributed by atoms with Crippen molar-refractivity contribution in [2.24, 2.45) is 0 Å². The lowest BCUT2D eigenvalue weighted by atomic mass is 10.2. The first-order valence-electron chi connectivity index (χ1n) is 3.73. The van der Waals surface area contributed by atoms with Gasteiger partial charge < -0.3 is 4.52 Å². The second-order valence-corrected chi connectivity index (χ2v) is 2.30. The van der Waals surface area contributed by atoms with Crippen molar-refractivity contribution in [3.63, 3.8) is 0 Å². The van der Waals surface area contributed by atoms with Crippen LogP contribution >= 0.6 is 0 Å². The third-order valence-electron chi connectivity index (χ3n) is 1.54. The lowest BCUT2D eigenvalue weighted by molar-refractivity contribution is 0.391. The highest BCUT2D eigenvalue weighted by molar-refractivity contribution is 5.58. The summed E-state index contributed by atoms with van der Waals surface area (Å²) in [5.41, 5.74) is 1.13. The molecule has 1 aromatic heterocycles. The minimum Gasteiger partial charge on any atom is -0.339 e. The van der Waals surface area contributed by atoms with Crippen LogP contribution in [0.4, 0.5) is 0 Å². The third-order valence-corrected chi connectivity index (χ3v) is 1.54. The van der Waals surface area contributed by atoms with E-state index in [0.29, 0.717) is 11.7 Å². The van der Waals surface area contributed by atoms with Crippen molar-refractivity contribution in [3.05, 3.63) is 17.8 Å². The predicted molar refractivity (Wildman–Crippen MR) is 43.0 cm³/mol. The Labute approximate surface area is 66.1 Å². The predicted octanol–water partition coefficient (Wildman–Crippen LogP) is 2.19. The van der Waals surface area contributed by atoms with Crippen molar-refractivity contribution in [2.45, 2.75) is 27.2 Å². The second kappa shape index (κ2) is 3.32. The molecule has 3 nitrogen and oxygen atoms in total. The van der Waals surface area contributed by atoms with Crippen molar-refractivity contribution in [3.8, 4) is 0 Å². The van der Waals surface area contributed by atoms with Crippen LogP contribution in [0, 0.1) is 6.92 Å². The van der Waals surface area contributed by atoms with E-state index in [9.17, 15) is 0 Å². The summed E-state index contributed by atoms with van der Waals surface area (Å²) in [5.74, 6) is 1.33. The Morgan fingerprint density at radius 1 is 1.64 bits per heavy atom. The fraction of sp³-hybridized carbons (Fsp3) is 0.500. The quantitative estimate of drug-likeness (QED) is 0.652. The van der Waals surface area contributed by atoms with Crippen LogP contribution < -0.4 is 0 Å². The highest BCUT2D eigenvalue weighted by atomic mass is 16.5. The molecule has 0 aliphatic rings. The van der Waals surface area contributed by atoms with Gasteiger partial charge in [0.15, 0.2) is 5.82 Å². The van der Waals surface area contributed by atoms with Crippen LogP contribution in [0.2, 0.25) is 0 Å². The molecule has 0 unspecified atom stereocenters. The molecule has 0 radical (unpaired) electrons. The maximum Gasteiger partial charge on any atom is 0.223 e. The molecule has 1 aromatic rings. The Balaban J connectivity index is 2.91. The number of aromatic nitrogens is 2. The van der Waals surface area contributed by atoms with Crippen molar-refractivity contribution >= 4 is 5.57 Å². The van der Waals surface area contributed by atoms with E-state index in [1.807, 2.05) is 13.0 Å². The number of hydrogen-bond donors (Lipinski definition) is 0. The number of rotatable bonds is 2. The van der Waals surface area contributed by atoms with Crippen molar-refractivity contribution in [1.29, 1.82) is 0 Å². The van der Waals surface area contributed by atoms with E-state index in [1.165, 1.54) is 0 Å². The zero-order valence-corrected chi connectivity index (χ0v) is 7.09. The first-order chi connectivity index (χ1) is 5.27. The van der Waals surface area contributed by atoms with Gasteiger partial charge in [-0.3, -0.25) is 0 Å². The summed E-state index contributed by atoms with van der Waals surface area (Å²) in [4.78, 5) is 4.11. The molecule has 0 aromatic carbocycles. The first kappa shape index (κ1) is 7.98. The van der Waals surface area contributed by atoms with Crippen LogP contribution in [0.1, 0.15) is 32.0 Å². The normalized spacial score (nSPS) is 12.1. The lowest BCUT2D eigenvalue weighted by Gasteiger charge is -1.92. The van der Waals surface area contributed by atoms with Crippen LogP contribution in [0.5, 0.6) is 0 Å². The van der Waals surface area contributed by atoms with Gasteiger partial charge in [0.2, 0.25) is 5.89 Å². The van der Waals surface area contributed by atoms with E-state index < -0.39 is 0 Å². The van der Waals surface area contributed by atoms with E-state index in [-0.39, 0.29) is 0 Å². The third kappa shape index (κ3) is 1.67. The number of aryl methyl sites for hydroxylation is 1. The van der Waals surface area contributed by atoms with Crippen LogP contribution in [-0.2, 0) is 0 Å². The van der Waals surface area contributed by atoms with Gasteiger partial charge in [0.1, 0.15) is 0 Å². The molecule has 0 fully saturated rings. The smallest absolute Gasteiger partial charge is 0.223 e. The number of allylic oxidation sites excluding steroid dienone is 2. The van der Waals surface area contributed by atoms with Crippen LogP contribution in [0.25, 0.3) is 5.57 Å². The monoisotopic (exact) mass is 152 g/mol. The minimum absolute atomic E-state index is 0.618. The van der Waals surface area contributed by atoms with E-state index in [0.717, 1.165) is 12.0 Å². The Kier molecular flexibility index (Phi) is 2.41. The molecule has 1 rings (SSSR count). The van der Waals surface area contributed by atoms with Crippen molar-refractivity contribution in [2.75, 3.05) is 0 Å². The average Bonchev–Trinajstić information content (AvgIpc) is 2.39. The van der Waals surface area contributed by atoms with E-state index >= 15 is 0 Å². The molecular weight excluding hydrogens is 140 g/mol. The molecule has 0 aliphatic carbocycles. The Bertz CT molecular complexity index is 263. The van der Waals surface area contributed by atoms with Gasteiger partial charge in [-0.15, -0.1) is 0 Å². The molecule has 0 aliphatic heterocycles. The summed E-state index contributed by atoms with van der Waals surface area (Å²) in [6.07, 6.45) is 2.94. The van der Waals surface area contributed by atoms with Crippen LogP contribution in [0.3, 0.4) is 0 Å². The maximum atomic E-state index is 4.85. The number of hydrogen-bond acceptors (Lipinski definition) is 3. The van der Waals surface area contributed by atoms with Gasteiger partial charge in [-0.05, 0) is 18.9 Å². The topological polar surface area (TPSA) is 38.9 Å². The fourth-order valence-electron chi connectivity index (χ4n) is 0.921. The minimum atomic E-state index is 0.618. The molecule has 0 N–H and O–H groups in total. The zero-order valence-electron chi connectivity index (χ0n) is 7.09. The summed E-state index contributed by atoms with van der Waals surface area (Å²) in [5, 5.41) is 3.80. The molecule has 0 amide bonds. The molecular formula is C8H12N2O. The number of nitrogens with zero attached hydrogens (tertiary/aromatic N) is 2. The van der Waals surface area contributed by atoms with Gasteiger partial charge in [0.05, 0.1) is 0 Å². The zero-order chi connectivity index (χ0) is 8.27. The van der Waals surface area contributed by atoms with Gasteiger partial charge in [-0.1, -0.05) is 18.2 Å².